The first-order valence-electron chi connectivity index (χ1n) is 28.0. The lowest BCUT2D eigenvalue weighted by Gasteiger charge is -2.31. The molecular formula is C61H42P2S2. The smallest absolute Gasteiger partial charge is 0.0725 e. The molecule has 0 atom stereocenters. The molecule has 10 aromatic rings. The zero-order chi connectivity index (χ0) is 55.8. The van der Waals surface area contributed by atoms with Crippen LogP contribution in [-0.2, 0) is 29.0 Å². The third-order valence-corrected chi connectivity index (χ3v) is 22.5. The molecule has 65 heavy (non-hydrogen) atoms. The van der Waals surface area contributed by atoms with Crippen molar-refractivity contribution in [2.75, 3.05) is 0 Å². The van der Waals surface area contributed by atoms with Gasteiger partial charge in [-0.25, -0.2) is 0 Å². The first-order valence-corrected chi connectivity index (χ1v) is 26.6. The van der Waals surface area contributed by atoms with E-state index in [0.717, 1.165) is 31.8 Å². The minimum absolute atomic E-state index is 0.0839. The van der Waals surface area contributed by atoms with E-state index < -0.39 is 102 Å². The largest absolute Gasteiger partial charge is 0.0826 e. The third-order valence-electron chi connectivity index (χ3n) is 12.5. The molecule has 0 radical (unpaired) electrons. The zero-order valence-electron chi connectivity index (χ0n) is 48.4. The van der Waals surface area contributed by atoms with E-state index in [1.807, 2.05) is 146 Å². The van der Waals surface area contributed by atoms with Crippen LogP contribution >= 0.6 is 12.1 Å². The Hall–Kier alpha value is -6.50. The maximum absolute atomic E-state index is 10.5. The average molecular weight is 915 g/mol. The van der Waals surface area contributed by atoms with Crippen molar-refractivity contribution >= 4 is 67.5 Å². The van der Waals surface area contributed by atoms with Crippen LogP contribution in [0.25, 0.3) is 44.5 Å². The maximum Gasteiger partial charge on any atom is 0.0725 e. The lowest BCUT2D eigenvalue weighted by atomic mass is 9.70. The summed E-state index contributed by atoms with van der Waals surface area (Å²) in [5, 5.41) is 5.32. The standard InChI is InChI=1S/C61H42P2S2/c64-62(47-17-5-1-6-18-47,48-19-7-2-8-20-48)51-35-29-43(30-36-51)45-33-39-55-53-25-13-15-27-57(53)61(59(55)41-45)58-28-16-14-26-54(58)56-40-34-46(42-60(56)61)44-31-37-52(38-32-44)63(65,49-21-9-3-10-22-49)50-23-11-4-12-24-50/h1-42H/i13D,14D,15D,16D,25D,26D,27D,28D,33D,34D,39D,40D,41D,42D. The predicted octanol–water partition coefficient (Wildman–Crippen LogP) is 12.9. The Morgan fingerprint density at radius 2 is 0.585 bits per heavy atom. The molecule has 1 spiro atoms. The van der Waals surface area contributed by atoms with Crippen molar-refractivity contribution in [2.45, 2.75) is 5.41 Å². The maximum atomic E-state index is 10.5. The monoisotopic (exact) mass is 914 g/mol. The van der Waals surface area contributed by atoms with Gasteiger partial charge in [-0.05, 0) is 111 Å². The van der Waals surface area contributed by atoms with Crippen LogP contribution in [0.2, 0.25) is 0 Å². The van der Waals surface area contributed by atoms with E-state index in [4.69, 9.17) is 29.1 Å². The summed E-state index contributed by atoms with van der Waals surface area (Å²) >= 11 is 13.3. The van der Waals surface area contributed by atoms with Gasteiger partial charge in [0.25, 0.3) is 0 Å². The molecule has 0 N–H and O–H groups in total. The zero-order valence-corrected chi connectivity index (χ0v) is 37.8. The van der Waals surface area contributed by atoms with Crippen LogP contribution in [0.1, 0.15) is 41.4 Å². The summed E-state index contributed by atoms with van der Waals surface area (Å²) in [6.07, 6.45) is 0. The highest BCUT2D eigenvalue weighted by molar-refractivity contribution is 8.26. The van der Waals surface area contributed by atoms with E-state index in [1.165, 1.54) is 0 Å². The molecule has 12 rings (SSSR count). The predicted molar refractivity (Wildman–Crippen MR) is 286 cm³/mol. The molecule has 0 aliphatic heterocycles. The van der Waals surface area contributed by atoms with Gasteiger partial charge in [-0.1, -0.05) is 266 Å². The van der Waals surface area contributed by atoms with E-state index in [2.05, 4.69) is 0 Å². The van der Waals surface area contributed by atoms with Gasteiger partial charge >= 0.3 is 0 Å². The van der Waals surface area contributed by atoms with Gasteiger partial charge in [0.15, 0.2) is 0 Å². The number of rotatable bonds is 8. The number of benzene rings is 10. The van der Waals surface area contributed by atoms with Gasteiger partial charge < -0.3 is 0 Å². The van der Waals surface area contributed by atoms with Crippen molar-refractivity contribution in [3.05, 3.63) is 277 Å². The van der Waals surface area contributed by atoms with Gasteiger partial charge in [0, 0.05) is 12.1 Å². The molecular weight excluding hydrogens is 859 g/mol. The first kappa shape index (κ1) is 27.7. The molecule has 0 aromatic heterocycles. The van der Waals surface area contributed by atoms with Gasteiger partial charge in [0.05, 0.1) is 24.6 Å². The quantitative estimate of drug-likeness (QED) is 0.139. The molecule has 0 fully saturated rings. The van der Waals surface area contributed by atoms with E-state index in [9.17, 15) is 13.7 Å². The van der Waals surface area contributed by atoms with Crippen LogP contribution in [-0.4, -0.2) is 0 Å². The lowest BCUT2D eigenvalue weighted by Crippen LogP contribution is -2.26. The Labute approximate surface area is 411 Å². The molecule has 0 saturated heterocycles. The normalized spacial score (nSPS) is 16.2. The Balaban J connectivity index is 1.17. The van der Waals surface area contributed by atoms with Gasteiger partial charge in [0.2, 0.25) is 0 Å². The molecule has 2 aliphatic rings. The fourth-order valence-corrected chi connectivity index (χ4v) is 17.0. The summed E-state index contributed by atoms with van der Waals surface area (Å²) < 4.78 is 135. The molecule has 0 saturated carbocycles. The van der Waals surface area contributed by atoms with Gasteiger partial charge in [-0.3, -0.25) is 0 Å². The van der Waals surface area contributed by atoms with Crippen LogP contribution < -0.4 is 31.8 Å². The van der Waals surface area contributed by atoms with Crippen LogP contribution in [0.3, 0.4) is 0 Å². The van der Waals surface area contributed by atoms with E-state index in [-0.39, 0.29) is 55.6 Å². The lowest BCUT2D eigenvalue weighted by molar-refractivity contribution is 0.794. The molecule has 0 heterocycles. The summed E-state index contributed by atoms with van der Waals surface area (Å²) in [5.41, 5.74) is -4.02. The highest BCUT2D eigenvalue weighted by Crippen LogP contribution is 2.63. The molecule has 0 nitrogen and oxygen atoms in total. The van der Waals surface area contributed by atoms with E-state index in [0.29, 0.717) is 11.1 Å². The molecule has 0 unspecified atom stereocenters. The van der Waals surface area contributed by atoms with Gasteiger partial charge in [-0.15, -0.1) is 0 Å². The Kier molecular flexibility index (Phi) is 6.78. The molecule has 2 aliphatic carbocycles. The summed E-state index contributed by atoms with van der Waals surface area (Å²) in [5.74, 6) is 0. The van der Waals surface area contributed by atoms with Crippen molar-refractivity contribution < 1.29 is 19.2 Å². The molecule has 0 bridgehead atoms. The fourth-order valence-electron chi connectivity index (χ4n) is 9.47. The summed E-state index contributed by atoms with van der Waals surface area (Å²) in [7, 11) is 0. The van der Waals surface area contributed by atoms with Crippen molar-refractivity contribution in [3.8, 4) is 44.5 Å². The molecule has 308 valence electrons. The number of fused-ring (bicyclic) bond motifs is 10. The van der Waals surface area contributed by atoms with Crippen molar-refractivity contribution in [1.29, 1.82) is 0 Å². The second-order valence-electron chi connectivity index (χ2n) is 15.9. The molecule has 0 amide bonds. The van der Waals surface area contributed by atoms with Gasteiger partial charge in [-0.2, -0.15) is 0 Å². The number of hydrogen-bond acceptors (Lipinski definition) is 2. The van der Waals surface area contributed by atoms with Gasteiger partial charge in [0.1, 0.15) is 0 Å². The highest BCUT2D eigenvalue weighted by atomic mass is 32.4. The van der Waals surface area contributed by atoms with E-state index in [1.54, 1.807) is 24.3 Å². The Morgan fingerprint density at radius 3 is 0.923 bits per heavy atom. The van der Waals surface area contributed by atoms with Crippen LogP contribution in [0.4, 0.5) is 0 Å². The Morgan fingerprint density at radius 1 is 0.292 bits per heavy atom. The molecule has 10 aromatic carbocycles. The fraction of sp³-hybridized carbons (Fsp3) is 0.0164. The second kappa shape index (κ2) is 15.9. The van der Waals surface area contributed by atoms with Crippen LogP contribution in [0, 0.1) is 0 Å². The molecule has 4 heteroatoms. The first-order chi connectivity index (χ1) is 37.8. The average Bonchev–Trinajstić information content (AvgIpc) is 3.25. The van der Waals surface area contributed by atoms with Crippen LogP contribution in [0.5, 0.6) is 0 Å². The number of hydrogen-bond donors (Lipinski definition) is 0. The topological polar surface area (TPSA) is 0 Å². The highest BCUT2D eigenvalue weighted by Gasteiger charge is 2.51. The minimum atomic E-state index is -2.70. The summed E-state index contributed by atoms with van der Waals surface area (Å²) in [6.45, 7) is 0. The summed E-state index contributed by atoms with van der Waals surface area (Å²) in [6, 6.07) is 39.6. The van der Waals surface area contributed by atoms with Crippen LogP contribution in [0.15, 0.2) is 254 Å². The van der Waals surface area contributed by atoms with E-state index >= 15 is 0 Å². The summed E-state index contributed by atoms with van der Waals surface area (Å²) in [4.78, 5) is 0. The van der Waals surface area contributed by atoms with Crippen molar-refractivity contribution in [3.63, 3.8) is 0 Å². The van der Waals surface area contributed by atoms with Crippen molar-refractivity contribution in [2.24, 2.45) is 0 Å². The Bertz CT molecular complexity index is 3970. The second-order valence-corrected chi connectivity index (χ2v) is 24.7. The minimum Gasteiger partial charge on any atom is -0.0826 e. The third kappa shape index (κ3) is 6.16. The SMILES string of the molecule is [2H]c1c([2H])c([2H])c2c(c1[2H])-c1c([2H])c([2H])c(-c3ccc(P(=S)(c4ccccc4)c4ccccc4)cc3)c([2H])c1C21c2c([2H])c([2H])c([2H])c([2H])c2-c2c([2H])c([2H])c(-c3ccc(P(=S)(c4ccccc4)c4ccccc4)cc3)c([2H])c21. The van der Waals surface area contributed by atoms with Crippen molar-refractivity contribution in [1.82, 2.24) is 0 Å².